The molecule has 0 amide bonds. The van der Waals surface area contributed by atoms with Gasteiger partial charge in [-0.05, 0) is 37.6 Å². The Morgan fingerprint density at radius 3 is 2.52 bits per heavy atom. The molecule has 0 heterocycles. The topological polar surface area (TPSA) is 61.4 Å². The Bertz CT molecular complexity index is 405. The van der Waals surface area contributed by atoms with Crippen molar-refractivity contribution in [3.8, 4) is 5.75 Å². The molecule has 0 radical (unpaired) electrons. The molecule has 0 saturated heterocycles. The van der Waals surface area contributed by atoms with Crippen LogP contribution in [0, 0.1) is 0 Å². The van der Waals surface area contributed by atoms with Crippen LogP contribution in [0.2, 0.25) is 0 Å². The number of rotatable bonds is 10. The van der Waals surface area contributed by atoms with Crippen molar-refractivity contribution >= 4 is 5.97 Å². The molecule has 5 nitrogen and oxygen atoms in total. The molecule has 0 fully saturated rings. The smallest absolute Gasteiger partial charge is 0.337 e. The van der Waals surface area contributed by atoms with Crippen LogP contribution >= 0.6 is 0 Å². The van der Waals surface area contributed by atoms with E-state index in [1.165, 1.54) is 13.5 Å². The van der Waals surface area contributed by atoms with Gasteiger partial charge in [-0.15, -0.1) is 0 Å². The fraction of sp³-hybridized carbons (Fsp3) is 0.562. The van der Waals surface area contributed by atoms with Crippen LogP contribution in [-0.4, -0.2) is 45.5 Å². The van der Waals surface area contributed by atoms with Gasteiger partial charge in [0.15, 0.2) is 0 Å². The lowest BCUT2D eigenvalue weighted by atomic mass is 10.2. The fourth-order valence-corrected chi connectivity index (χ4v) is 1.73. The van der Waals surface area contributed by atoms with Gasteiger partial charge in [0.05, 0.1) is 38.5 Å². The first-order valence-electron chi connectivity index (χ1n) is 7.39. The Balaban J connectivity index is 2.11. The summed E-state index contributed by atoms with van der Waals surface area (Å²) in [6.45, 7) is 7.16. The van der Waals surface area contributed by atoms with Gasteiger partial charge >= 0.3 is 5.97 Å². The highest BCUT2D eigenvalue weighted by Crippen LogP contribution is 2.12. The van der Waals surface area contributed by atoms with E-state index >= 15 is 0 Å². The van der Waals surface area contributed by atoms with Crippen LogP contribution in [0.25, 0.3) is 0 Å². The van der Waals surface area contributed by atoms with E-state index in [4.69, 9.17) is 9.47 Å². The number of benzene rings is 1. The lowest BCUT2D eigenvalue weighted by Crippen LogP contribution is -2.90. The first kappa shape index (κ1) is 17.5. The van der Waals surface area contributed by atoms with Gasteiger partial charge in [0.1, 0.15) is 12.4 Å². The predicted molar refractivity (Wildman–Crippen MR) is 80.6 cm³/mol. The molecular weight excluding hydrogens is 270 g/mol. The van der Waals surface area contributed by atoms with Crippen molar-refractivity contribution in [3.63, 3.8) is 0 Å². The maximum Gasteiger partial charge on any atom is 0.337 e. The highest BCUT2D eigenvalue weighted by molar-refractivity contribution is 5.89. The Hall–Kier alpha value is -1.59. The number of esters is 1. The van der Waals surface area contributed by atoms with E-state index in [0.29, 0.717) is 24.8 Å². The zero-order valence-electron chi connectivity index (χ0n) is 13.1. The number of quaternary nitrogens is 1. The van der Waals surface area contributed by atoms with E-state index < -0.39 is 0 Å². The number of carbonyl (C=O) groups is 1. The molecule has 0 aliphatic heterocycles. The minimum absolute atomic E-state index is 0.345. The molecular formula is C16H26NO4+. The number of ether oxygens (including phenoxy) is 3. The van der Waals surface area contributed by atoms with Crippen LogP contribution in [0.3, 0.4) is 0 Å². The second-order valence-corrected chi connectivity index (χ2v) is 4.89. The molecule has 0 aliphatic rings. The third-order valence-corrected chi connectivity index (χ3v) is 3.25. The summed E-state index contributed by atoms with van der Waals surface area (Å²) in [5, 5.41) is 2.28. The van der Waals surface area contributed by atoms with Crippen LogP contribution < -0.4 is 10.1 Å². The predicted octanol–water partition coefficient (Wildman–Crippen LogP) is 1.23. The van der Waals surface area contributed by atoms with Crippen molar-refractivity contribution in [3.05, 3.63) is 29.8 Å². The van der Waals surface area contributed by atoms with Crippen molar-refractivity contribution in [1.29, 1.82) is 0 Å². The molecule has 2 N–H and O–H groups in total. The average molecular weight is 296 g/mol. The third kappa shape index (κ3) is 7.11. The zero-order chi connectivity index (χ0) is 15.5. The summed E-state index contributed by atoms with van der Waals surface area (Å²) in [7, 11) is 1.36. The monoisotopic (exact) mass is 296 g/mol. The maximum absolute atomic E-state index is 11.3. The number of hydrogen-bond acceptors (Lipinski definition) is 4. The van der Waals surface area contributed by atoms with Crippen molar-refractivity contribution in [2.75, 3.05) is 33.5 Å². The van der Waals surface area contributed by atoms with E-state index in [0.717, 1.165) is 18.9 Å². The van der Waals surface area contributed by atoms with Crippen LogP contribution in [0.15, 0.2) is 24.3 Å². The molecule has 1 atom stereocenters. The second kappa shape index (κ2) is 10.2. The summed E-state index contributed by atoms with van der Waals surface area (Å²) in [4.78, 5) is 11.3. The number of nitrogens with two attached hydrogens (primary N) is 1. The van der Waals surface area contributed by atoms with Crippen molar-refractivity contribution < 1.29 is 24.3 Å². The average Bonchev–Trinajstić information content (AvgIpc) is 2.53. The molecule has 0 aliphatic carbocycles. The summed E-state index contributed by atoms with van der Waals surface area (Å²) in [6.07, 6.45) is 1.17. The number of carbonyl (C=O) groups excluding carboxylic acids is 1. The number of hydrogen-bond donors (Lipinski definition) is 1. The van der Waals surface area contributed by atoms with Crippen molar-refractivity contribution in [2.24, 2.45) is 0 Å². The van der Waals surface area contributed by atoms with Crippen molar-refractivity contribution in [2.45, 2.75) is 26.3 Å². The quantitative estimate of drug-likeness (QED) is 0.521. The van der Waals surface area contributed by atoms with E-state index in [1.54, 1.807) is 24.3 Å². The Morgan fingerprint density at radius 1 is 1.19 bits per heavy atom. The van der Waals surface area contributed by atoms with Gasteiger partial charge in [0, 0.05) is 0 Å². The first-order chi connectivity index (χ1) is 10.2. The van der Waals surface area contributed by atoms with Gasteiger partial charge in [-0.1, -0.05) is 6.92 Å². The molecule has 1 aromatic carbocycles. The van der Waals surface area contributed by atoms with E-state index in [9.17, 15) is 4.79 Å². The van der Waals surface area contributed by atoms with Gasteiger partial charge in [-0.25, -0.2) is 4.79 Å². The van der Waals surface area contributed by atoms with Gasteiger partial charge < -0.3 is 19.5 Å². The molecule has 0 saturated carbocycles. The Morgan fingerprint density at radius 2 is 1.90 bits per heavy atom. The van der Waals surface area contributed by atoms with E-state index in [2.05, 4.69) is 23.9 Å². The van der Waals surface area contributed by atoms with Crippen LogP contribution in [0.1, 0.15) is 30.6 Å². The molecule has 118 valence electrons. The first-order valence-corrected chi connectivity index (χ1v) is 7.39. The Labute approximate surface area is 126 Å². The SMILES string of the molecule is CC[C@@H](C)[NH2+]CCOCCOc1ccc(C(=O)OC)cc1. The van der Waals surface area contributed by atoms with Gasteiger partial charge in [-0.3, -0.25) is 0 Å². The van der Waals surface area contributed by atoms with Gasteiger partial charge in [0.25, 0.3) is 0 Å². The summed E-state index contributed by atoms with van der Waals surface area (Å²) in [5.41, 5.74) is 0.515. The van der Waals surface area contributed by atoms with E-state index in [1.807, 2.05) is 0 Å². The zero-order valence-corrected chi connectivity index (χ0v) is 13.1. The number of methoxy groups -OCH3 is 1. The molecule has 0 aromatic heterocycles. The van der Waals surface area contributed by atoms with Crippen molar-refractivity contribution in [1.82, 2.24) is 0 Å². The lowest BCUT2D eigenvalue weighted by molar-refractivity contribution is -0.687. The lowest BCUT2D eigenvalue weighted by Gasteiger charge is -2.09. The normalized spacial score (nSPS) is 12.0. The van der Waals surface area contributed by atoms with Crippen LogP contribution in [0.5, 0.6) is 5.75 Å². The molecule has 1 rings (SSSR count). The summed E-state index contributed by atoms with van der Waals surface area (Å²) < 4.78 is 15.7. The molecule has 5 heteroatoms. The van der Waals surface area contributed by atoms with Crippen LogP contribution in [-0.2, 0) is 9.47 Å². The summed E-state index contributed by atoms with van der Waals surface area (Å²) in [5.74, 6) is 0.375. The largest absolute Gasteiger partial charge is 0.491 e. The molecule has 0 bridgehead atoms. The third-order valence-electron chi connectivity index (χ3n) is 3.25. The fourth-order valence-electron chi connectivity index (χ4n) is 1.73. The molecule has 21 heavy (non-hydrogen) atoms. The second-order valence-electron chi connectivity index (χ2n) is 4.89. The summed E-state index contributed by atoms with van der Waals surface area (Å²) in [6, 6.07) is 7.52. The standard InChI is InChI=1S/C16H25NO4/c1-4-13(2)17-9-10-20-11-12-21-15-7-5-14(6-8-15)16(18)19-3/h5-8,13,17H,4,9-12H2,1-3H3/p+1/t13-/m1/s1. The summed E-state index contributed by atoms with van der Waals surface area (Å²) >= 11 is 0. The molecule has 1 aromatic rings. The molecule has 0 spiro atoms. The van der Waals surface area contributed by atoms with Gasteiger partial charge in [-0.2, -0.15) is 0 Å². The minimum Gasteiger partial charge on any atom is -0.491 e. The van der Waals surface area contributed by atoms with Crippen LogP contribution in [0.4, 0.5) is 0 Å². The van der Waals surface area contributed by atoms with E-state index in [-0.39, 0.29) is 5.97 Å². The minimum atomic E-state index is -0.345. The molecule has 0 unspecified atom stereocenters. The Kier molecular flexibility index (Phi) is 8.47. The highest BCUT2D eigenvalue weighted by atomic mass is 16.5. The highest BCUT2D eigenvalue weighted by Gasteiger charge is 2.04. The maximum atomic E-state index is 11.3. The van der Waals surface area contributed by atoms with Gasteiger partial charge in [0.2, 0.25) is 0 Å².